The molecule has 0 saturated carbocycles. The van der Waals surface area contributed by atoms with Gasteiger partial charge in [-0.1, -0.05) is 18.6 Å². The SMILES string of the molecule is O=C(O)c1cccc(C[C@@H]2CCN(C(=O)CN3CCCCC3)C2)c1. The number of hydrogen-bond acceptors (Lipinski definition) is 3. The Kier molecular flexibility index (Phi) is 5.51. The summed E-state index contributed by atoms with van der Waals surface area (Å²) < 4.78 is 0. The van der Waals surface area contributed by atoms with Crippen molar-refractivity contribution in [3.63, 3.8) is 0 Å². The van der Waals surface area contributed by atoms with Crippen LogP contribution in [0.1, 0.15) is 41.6 Å². The van der Waals surface area contributed by atoms with E-state index in [2.05, 4.69) is 4.90 Å². The fraction of sp³-hybridized carbons (Fsp3) is 0.579. The third-order valence-corrected chi connectivity index (χ3v) is 5.14. The molecule has 5 heteroatoms. The van der Waals surface area contributed by atoms with Gasteiger partial charge in [-0.3, -0.25) is 9.69 Å². The minimum absolute atomic E-state index is 0.249. The van der Waals surface area contributed by atoms with E-state index >= 15 is 0 Å². The molecule has 2 aliphatic heterocycles. The molecule has 0 aliphatic carbocycles. The van der Waals surface area contributed by atoms with Gasteiger partial charge in [0, 0.05) is 13.1 Å². The molecule has 2 fully saturated rings. The van der Waals surface area contributed by atoms with Crippen molar-refractivity contribution < 1.29 is 14.7 Å². The predicted octanol–water partition coefficient (Wildman–Crippen LogP) is 2.26. The Labute approximate surface area is 143 Å². The Balaban J connectivity index is 1.50. The number of carbonyl (C=O) groups excluding carboxylic acids is 1. The van der Waals surface area contributed by atoms with Crippen molar-refractivity contribution in [3.05, 3.63) is 35.4 Å². The van der Waals surface area contributed by atoms with Crippen LogP contribution in [0.5, 0.6) is 0 Å². The van der Waals surface area contributed by atoms with Gasteiger partial charge in [0.2, 0.25) is 5.91 Å². The largest absolute Gasteiger partial charge is 0.478 e. The quantitative estimate of drug-likeness (QED) is 0.900. The second-order valence-electron chi connectivity index (χ2n) is 7.04. The van der Waals surface area contributed by atoms with Crippen LogP contribution in [0.2, 0.25) is 0 Å². The zero-order valence-electron chi connectivity index (χ0n) is 14.1. The zero-order valence-corrected chi connectivity index (χ0v) is 14.1. The molecule has 1 aromatic carbocycles. The van der Waals surface area contributed by atoms with Gasteiger partial charge in [0.1, 0.15) is 0 Å². The van der Waals surface area contributed by atoms with Crippen LogP contribution in [-0.2, 0) is 11.2 Å². The van der Waals surface area contributed by atoms with Crippen LogP contribution in [0.15, 0.2) is 24.3 Å². The molecular weight excluding hydrogens is 304 g/mol. The average molecular weight is 330 g/mol. The third kappa shape index (κ3) is 4.35. The number of piperidine rings is 1. The Hall–Kier alpha value is -1.88. The van der Waals surface area contributed by atoms with Crippen LogP contribution in [-0.4, -0.2) is 59.5 Å². The highest BCUT2D eigenvalue weighted by Gasteiger charge is 2.27. The molecule has 1 aromatic rings. The summed E-state index contributed by atoms with van der Waals surface area (Å²) >= 11 is 0. The van der Waals surface area contributed by atoms with Crippen molar-refractivity contribution in [2.24, 2.45) is 5.92 Å². The Morgan fingerprint density at radius 1 is 1.12 bits per heavy atom. The first kappa shape index (κ1) is 17.0. The van der Waals surface area contributed by atoms with E-state index in [4.69, 9.17) is 5.11 Å². The second kappa shape index (κ2) is 7.79. The molecule has 0 bridgehead atoms. The van der Waals surface area contributed by atoms with E-state index in [1.165, 1.54) is 19.3 Å². The monoisotopic (exact) mass is 330 g/mol. The summed E-state index contributed by atoms with van der Waals surface area (Å²) in [6, 6.07) is 7.15. The number of nitrogens with zero attached hydrogens (tertiary/aromatic N) is 2. The Bertz CT molecular complexity index is 596. The lowest BCUT2D eigenvalue weighted by Crippen LogP contribution is -2.41. The summed E-state index contributed by atoms with van der Waals surface area (Å²) in [6.07, 6.45) is 5.54. The number of benzene rings is 1. The van der Waals surface area contributed by atoms with Gasteiger partial charge in [-0.25, -0.2) is 4.79 Å². The minimum atomic E-state index is -0.887. The maximum Gasteiger partial charge on any atom is 0.335 e. The molecule has 2 aliphatic rings. The van der Waals surface area contributed by atoms with Crippen LogP contribution in [0.3, 0.4) is 0 Å². The van der Waals surface area contributed by atoms with Gasteiger partial charge in [0.25, 0.3) is 0 Å². The molecule has 1 N–H and O–H groups in total. The van der Waals surface area contributed by atoms with Gasteiger partial charge in [0.05, 0.1) is 12.1 Å². The predicted molar refractivity (Wildman–Crippen MR) is 92.1 cm³/mol. The third-order valence-electron chi connectivity index (χ3n) is 5.14. The standard InChI is InChI=1S/C19H26N2O3/c22-18(14-20-8-2-1-3-9-20)21-10-7-16(13-21)11-15-5-4-6-17(12-15)19(23)24/h4-6,12,16H,1-3,7-11,13-14H2,(H,23,24)/t16-/m0/s1. The van der Waals surface area contributed by atoms with Crippen molar-refractivity contribution in [2.75, 3.05) is 32.7 Å². The Morgan fingerprint density at radius 3 is 2.67 bits per heavy atom. The normalized spacial score (nSPS) is 21.8. The summed E-state index contributed by atoms with van der Waals surface area (Å²) in [5, 5.41) is 9.08. The maximum absolute atomic E-state index is 12.5. The summed E-state index contributed by atoms with van der Waals surface area (Å²) in [7, 11) is 0. The topological polar surface area (TPSA) is 60.9 Å². The van der Waals surface area contributed by atoms with Crippen LogP contribution in [0.4, 0.5) is 0 Å². The highest BCUT2D eigenvalue weighted by Crippen LogP contribution is 2.22. The summed E-state index contributed by atoms with van der Waals surface area (Å²) in [6.45, 7) is 4.27. The lowest BCUT2D eigenvalue weighted by Gasteiger charge is -2.28. The van der Waals surface area contributed by atoms with Crippen molar-refractivity contribution in [1.82, 2.24) is 9.80 Å². The molecule has 3 rings (SSSR count). The highest BCUT2D eigenvalue weighted by atomic mass is 16.4. The average Bonchev–Trinajstić information content (AvgIpc) is 3.04. The number of likely N-dealkylation sites (tertiary alicyclic amines) is 2. The van der Waals surface area contributed by atoms with E-state index in [0.717, 1.165) is 44.6 Å². The molecule has 2 saturated heterocycles. The first-order valence-corrected chi connectivity index (χ1v) is 8.94. The molecule has 5 nitrogen and oxygen atoms in total. The first-order valence-electron chi connectivity index (χ1n) is 8.94. The van der Waals surface area contributed by atoms with Crippen LogP contribution in [0, 0.1) is 5.92 Å². The van der Waals surface area contributed by atoms with Crippen molar-refractivity contribution in [1.29, 1.82) is 0 Å². The van der Waals surface area contributed by atoms with Crippen molar-refractivity contribution >= 4 is 11.9 Å². The van der Waals surface area contributed by atoms with Crippen LogP contribution < -0.4 is 0 Å². The fourth-order valence-corrected chi connectivity index (χ4v) is 3.80. The van der Waals surface area contributed by atoms with Crippen LogP contribution in [0.25, 0.3) is 0 Å². The number of hydrogen-bond donors (Lipinski definition) is 1. The van der Waals surface area contributed by atoms with Crippen molar-refractivity contribution in [2.45, 2.75) is 32.1 Å². The van der Waals surface area contributed by atoms with Crippen molar-refractivity contribution in [3.8, 4) is 0 Å². The van der Waals surface area contributed by atoms with Gasteiger partial charge < -0.3 is 10.0 Å². The molecular formula is C19H26N2O3. The smallest absolute Gasteiger partial charge is 0.335 e. The number of aromatic carboxylic acids is 1. The molecule has 130 valence electrons. The molecule has 2 heterocycles. The van der Waals surface area contributed by atoms with E-state index < -0.39 is 5.97 Å². The van der Waals surface area contributed by atoms with E-state index in [1.807, 2.05) is 11.0 Å². The number of carboxylic acid groups (broad SMARTS) is 1. The molecule has 0 aromatic heterocycles. The fourth-order valence-electron chi connectivity index (χ4n) is 3.80. The summed E-state index contributed by atoms with van der Waals surface area (Å²) in [5.74, 6) is -0.209. The van der Waals surface area contributed by atoms with Gasteiger partial charge in [-0.15, -0.1) is 0 Å². The minimum Gasteiger partial charge on any atom is -0.478 e. The molecule has 0 radical (unpaired) electrons. The zero-order chi connectivity index (χ0) is 16.9. The number of carboxylic acids is 1. The van der Waals surface area contributed by atoms with Crippen LogP contribution >= 0.6 is 0 Å². The number of carbonyl (C=O) groups is 2. The first-order chi connectivity index (χ1) is 11.6. The number of amides is 1. The lowest BCUT2D eigenvalue weighted by atomic mass is 9.97. The molecule has 0 unspecified atom stereocenters. The maximum atomic E-state index is 12.5. The summed E-state index contributed by atoms with van der Waals surface area (Å²) in [5.41, 5.74) is 1.38. The number of rotatable bonds is 5. The van der Waals surface area contributed by atoms with Gasteiger partial charge in [0.15, 0.2) is 0 Å². The molecule has 1 amide bonds. The van der Waals surface area contributed by atoms with Gasteiger partial charge >= 0.3 is 5.97 Å². The second-order valence-corrected chi connectivity index (χ2v) is 7.04. The van der Waals surface area contributed by atoms with Gasteiger partial charge in [-0.05, 0) is 62.4 Å². The van der Waals surface area contributed by atoms with Gasteiger partial charge in [-0.2, -0.15) is 0 Å². The molecule has 0 spiro atoms. The molecule has 1 atom stereocenters. The lowest BCUT2D eigenvalue weighted by molar-refractivity contribution is -0.131. The van der Waals surface area contributed by atoms with E-state index in [-0.39, 0.29) is 5.91 Å². The van der Waals surface area contributed by atoms with E-state index in [9.17, 15) is 9.59 Å². The summed E-state index contributed by atoms with van der Waals surface area (Å²) in [4.78, 5) is 27.8. The van der Waals surface area contributed by atoms with E-state index in [0.29, 0.717) is 18.0 Å². The highest BCUT2D eigenvalue weighted by molar-refractivity contribution is 5.87. The molecule has 24 heavy (non-hydrogen) atoms. The van der Waals surface area contributed by atoms with E-state index in [1.54, 1.807) is 18.2 Å². The Morgan fingerprint density at radius 2 is 1.92 bits per heavy atom.